The lowest BCUT2D eigenvalue weighted by molar-refractivity contribution is 0.436. The van der Waals surface area contributed by atoms with Crippen LogP contribution < -0.4 is 5.73 Å². The average Bonchev–Trinajstić information content (AvgIpc) is 2.30. The van der Waals surface area contributed by atoms with Crippen LogP contribution in [0, 0.1) is 0 Å². The van der Waals surface area contributed by atoms with E-state index >= 15 is 0 Å². The lowest BCUT2D eigenvalue weighted by Crippen LogP contribution is -2.36. The zero-order chi connectivity index (χ0) is 8.39. The van der Waals surface area contributed by atoms with Crippen LogP contribution in [0.4, 0.5) is 0 Å². The van der Waals surface area contributed by atoms with Crippen molar-refractivity contribution in [3.05, 3.63) is 23.4 Å². The van der Waals surface area contributed by atoms with Crippen molar-refractivity contribution >= 4 is 24.4 Å². The normalized spacial score (nSPS) is 26.6. The summed E-state index contributed by atoms with van der Waals surface area (Å²) < 4.78 is 1.85. The number of rotatable bonds is 0. The third-order valence-corrected chi connectivity index (χ3v) is 2.38. The Balaban J connectivity index is 2.31. The van der Waals surface area contributed by atoms with Crippen LogP contribution in [0.5, 0.6) is 0 Å². The maximum absolute atomic E-state index is 5.72. The number of hydrogen-bond acceptors (Lipinski definition) is 5. The minimum absolute atomic E-state index is 0.324. The highest BCUT2D eigenvalue weighted by Crippen LogP contribution is 2.24. The molecule has 2 N–H and O–H groups in total. The van der Waals surface area contributed by atoms with E-state index in [1.54, 1.807) is 12.4 Å². The van der Waals surface area contributed by atoms with Crippen molar-refractivity contribution < 1.29 is 0 Å². The molecule has 12 heavy (non-hydrogen) atoms. The number of hydrogen-bond donors (Lipinski definition) is 1. The fraction of sp³-hybridized carbons (Fsp3) is 0.143. The van der Waals surface area contributed by atoms with E-state index in [4.69, 9.17) is 5.73 Å². The van der Waals surface area contributed by atoms with Crippen molar-refractivity contribution in [2.75, 3.05) is 0 Å². The summed E-state index contributed by atoms with van der Waals surface area (Å²) in [6, 6.07) is 0. The summed E-state index contributed by atoms with van der Waals surface area (Å²) in [4.78, 5) is 8.21. The van der Waals surface area contributed by atoms with Gasteiger partial charge in [0.15, 0.2) is 6.29 Å². The van der Waals surface area contributed by atoms with E-state index in [1.165, 1.54) is 11.9 Å². The van der Waals surface area contributed by atoms with Crippen molar-refractivity contribution in [3.8, 4) is 0 Å². The fourth-order valence-electron chi connectivity index (χ4n) is 0.939. The van der Waals surface area contributed by atoms with Gasteiger partial charge in [-0.15, -0.1) is 0 Å². The highest BCUT2D eigenvalue weighted by Gasteiger charge is 2.18. The predicted octanol–water partition coefficient (Wildman–Crippen LogP) is 0.703. The van der Waals surface area contributed by atoms with E-state index in [-0.39, 0.29) is 6.29 Å². The molecule has 2 rings (SSSR count). The monoisotopic (exact) mass is 180 g/mol. The van der Waals surface area contributed by atoms with Crippen molar-refractivity contribution in [1.29, 1.82) is 0 Å². The molecule has 0 aromatic heterocycles. The largest absolute Gasteiger partial charge is 0.292 e. The molecule has 2 aliphatic heterocycles. The Bertz CT molecular complexity index is 292. The van der Waals surface area contributed by atoms with E-state index in [9.17, 15) is 0 Å². The van der Waals surface area contributed by atoms with Crippen molar-refractivity contribution in [2.45, 2.75) is 6.29 Å². The van der Waals surface area contributed by atoms with Gasteiger partial charge in [-0.1, -0.05) is 0 Å². The number of nitrogens with two attached hydrogens (primary N) is 1. The van der Waals surface area contributed by atoms with Crippen LogP contribution in [0.3, 0.4) is 0 Å². The molecule has 0 aromatic carbocycles. The van der Waals surface area contributed by atoms with E-state index < -0.39 is 0 Å². The van der Waals surface area contributed by atoms with Crippen LogP contribution in [0.25, 0.3) is 0 Å². The second-order valence-electron chi connectivity index (χ2n) is 2.27. The molecule has 0 bridgehead atoms. The number of nitrogens with zero attached hydrogens (tertiary/aromatic N) is 3. The number of fused-ring (bicyclic) bond motifs is 1. The Morgan fingerprint density at radius 2 is 2.42 bits per heavy atom. The molecule has 0 amide bonds. The molecule has 62 valence electrons. The van der Waals surface area contributed by atoms with Gasteiger partial charge in [0.2, 0.25) is 0 Å². The Morgan fingerprint density at radius 3 is 3.33 bits per heavy atom. The standard InChI is InChI=1S/C7H8N4S/c8-7-10-4-2-6-9-3-1-5-12-11(6)7/h1-5,7H,8H2. The fourth-order valence-corrected chi connectivity index (χ4v) is 1.61. The highest BCUT2D eigenvalue weighted by molar-refractivity contribution is 8.00. The van der Waals surface area contributed by atoms with Gasteiger partial charge in [0.25, 0.3) is 0 Å². The Labute approximate surface area is 74.7 Å². The second kappa shape index (κ2) is 3.12. The zero-order valence-corrected chi connectivity index (χ0v) is 7.11. The van der Waals surface area contributed by atoms with Gasteiger partial charge >= 0.3 is 0 Å². The predicted molar refractivity (Wildman–Crippen MR) is 51.6 cm³/mol. The summed E-state index contributed by atoms with van der Waals surface area (Å²) in [6.45, 7) is 0. The topological polar surface area (TPSA) is 54.0 Å². The van der Waals surface area contributed by atoms with Crippen LogP contribution in [0.1, 0.15) is 0 Å². The lowest BCUT2D eigenvalue weighted by Gasteiger charge is -2.26. The van der Waals surface area contributed by atoms with Crippen LogP contribution >= 0.6 is 11.9 Å². The summed E-state index contributed by atoms with van der Waals surface area (Å²) in [7, 11) is 0. The molecule has 4 nitrogen and oxygen atoms in total. The molecular weight excluding hydrogens is 172 g/mol. The molecule has 2 heterocycles. The molecular formula is C7H8N4S. The SMILES string of the molecule is NC1N=CC=C2N=CC=CSN21. The van der Waals surface area contributed by atoms with Crippen LogP contribution in [-0.2, 0) is 0 Å². The van der Waals surface area contributed by atoms with Gasteiger partial charge in [0.05, 0.1) is 0 Å². The molecule has 0 spiro atoms. The molecule has 0 aromatic rings. The van der Waals surface area contributed by atoms with E-state index in [0.29, 0.717) is 0 Å². The van der Waals surface area contributed by atoms with Crippen LogP contribution in [0.2, 0.25) is 0 Å². The van der Waals surface area contributed by atoms with Gasteiger partial charge in [-0.05, 0) is 29.5 Å². The molecule has 0 saturated heterocycles. The van der Waals surface area contributed by atoms with E-state index in [2.05, 4.69) is 9.98 Å². The van der Waals surface area contributed by atoms with Gasteiger partial charge in [0.1, 0.15) is 5.82 Å². The minimum atomic E-state index is -0.324. The van der Waals surface area contributed by atoms with Crippen molar-refractivity contribution in [3.63, 3.8) is 0 Å². The van der Waals surface area contributed by atoms with Crippen LogP contribution in [0.15, 0.2) is 33.4 Å². The molecule has 5 heteroatoms. The Morgan fingerprint density at radius 1 is 1.50 bits per heavy atom. The Kier molecular flexibility index (Phi) is 1.97. The molecule has 1 atom stereocenters. The average molecular weight is 180 g/mol. The van der Waals surface area contributed by atoms with E-state index in [1.807, 2.05) is 21.9 Å². The summed E-state index contributed by atoms with van der Waals surface area (Å²) >= 11 is 1.50. The van der Waals surface area contributed by atoms with Gasteiger partial charge in [-0.25, -0.2) is 4.99 Å². The molecule has 0 radical (unpaired) electrons. The van der Waals surface area contributed by atoms with Gasteiger partial charge < -0.3 is 0 Å². The van der Waals surface area contributed by atoms with Gasteiger partial charge in [-0.2, -0.15) is 0 Å². The Hall–Kier alpha value is -1.07. The molecule has 0 aliphatic carbocycles. The molecule has 0 fully saturated rings. The summed E-state index contributed by atoms with van der Waals surface area (Å²) in [6.07, 6.45) is 6.80. The maximum atomic E-state index is 5.72. The third kappa shape index (κ3) is 1.28. The first-order valence-corrected chi connectivity index (χ1v) is 4.36. The first kappa shape index (κ1) is 7.57. The summed E-state index contributed by atoms with van der Waals surface area (Å²) in [5.41, 5.74) is 5.72. The third-order valence-electron chi connectivity index (χ3n) is 1.47. The minimum Gasteiger partial charge on any atom is -0.292 e. The maximum Gasteiger partial charge on any atom is 0.184 e. The summed E-state index contributed by atoms with van der Waals surface area (Å²) in [5, 5.41) is 1.92. The highest BCUT2D eigenvalue weighted by atomic mass is 32.2. The number of allylic oxidation sites excluding steroid dienone is 2. The molecule has 0 saturated carbocycles. The van der Waals surface area contributed by atoms with Gasteiger partial charge in [0, 0.05) is 12.4 Å². The first-order valence-electron chi connectivity index (χ1n) is 3.52. The molecule has 1 unspecified atom stereocenters. The summed E-state index contributed by atoms with van der Waals surface area (Å²) in [5.74, 6) is 0.840. The smallest absolute Gasteiger partial charge is 0.184 e. The zero-order valence-electron chi connectivity index (χ0n) is 6.29. The van der Waals surface area contributed by atoms with Gasteiger partial charge in [-0.3, -0.25) is 15.0 Å². The van der Waals surface area contributed by atoms with Crippen molar-refractivity contribution in [1.82, 2.24) is 4.31 Å². The van der Waals surface area contributed by atoms with Crippen molar-refractivity contribution in [2.24, 2.45) is 15.7 Å². The number of aliphatic imine (C=N–C) groups is 2. The van der Waals surface area contributed by atoms with Crippen LogP contribution in [-0.4, -0.2) is 23.0 Å². The lowest BCUT2D eigenvalue weighted by atomic mass is 10.5. The second-order valence-corrected chi connectivity index (χ2v) is 3.15. The quantitative estimate of drug-likeness (QED) is 0.558. The first-order chi connectivity index (χ1) is 5.88. The molecule has 2 aliphatic rings. The van der Waals surface area contributed by atoms with E-state index in [0.717, 1.165) is 5.82 Å².